The third-order valence-corrected chi connectivity index (χ3v) is 9.11. The highest BCUT2D eigenvalue weighted by molar-refractivity contribution is 7.22. The number of amides is 1. The van der Waals surface area contributed by atoms with Crippen LogP contribution in [0.25, 0.3) is 21.3 Å². The fourth-order valence-electron chi connectivity index (χ4n) is 5.13. The van der Waals surface area contributed by atoms with Crippen molar-refractivity contribution in [2.75, 3.05) is 31.4 Å². The van der Waals surface area contributed by atoms with Crippen LogP contribution in [0, 0.1) is 0 Å². The minimum Gasteiger partial charge on any atom is -0.508 e. The Morgan fingerprint density at radius 3 is 2.32 bits per heavy atom. The van der Waals surface area contributed by atoms with E-state index in [0.29, 0.717) is 35.9 Å². The van der Waals surface area contributed by atoms with E-state index in [2.05, 4.69) is 23.2 Å². The van der Waals surface area contributed by atoms with E-state index >= 15 is 0 Å². The molecule has 0 aliphatic rings. The second-order valence-electron chi connectivity index (χ2n) is 12.2. The Hall–Kier alpha value is -6.64. The van der Waals surface area contributed by atoms with Crippen LogP contribution in [0.15, 0.2) is 121 Å². The molecule has 1 heterocycles. The molecule has 5 aromatic rings. The molecule has 5 rings (SSSR count). The van der Waals surface area contributed by atoms with Crippen LogP contribution in [0.3, 0.4) is 0 Å². The first-order valence-electron chi connectivity index (χ1n) is 18.0. The number of ether oxygens (including phenoxy) is 5. The summed E-state index contributed by atoms with van der Waals surface area (Å²) >= 11 is 1.33. The Balaban J connectivity index is 1.28. The zero-order valence-corrected chi connectivity index (χ0v) is 32.0. The lowest BCUT2D eigenvalue weighted by Gasteiger charge is -2.18. The van der Waals surface area contributed by atoms with Gasteiger partial charge in [0.25, 0.3) is 0 Å². The van der Waals surface area contributed by atoms with Crippen LogP contribution in [0.2, 0.25) is 0 Å². The van der Waals surface area contributed by atoms with Gasteiger partial charge in [-0.3, -0.25) is 4.79 Å². The number of aromatic nitrogens is 1. The Morgan fingerprint density at radius 1 is 0.877 bits per heavy atom. The Bertz CT molecular complexity index is 2180. The molecule has 57 heavy (non-hydrogen) atoms. The Kier molecular flexibility index (Phi) is 15.2. The summed E-state index contributed by atoms with van der Waals surface area (Å²) in [5, 5.41) is 16.0. The molecule has 14 heteroatoms. The third-order valence-electron chi connectivity index (χ3n) is 8.10. The van der Waals surface area contributed by atoms with Gasteiger partial charge in [0.2, 0.25) is 11.0 Å². The molecule has 0 saturated heterocycles. The number of para-hydroxylation sites is 1. The molecule has 0 fully saturated rings. The summed E-state index contributed by atoms with van der Waals surface area (Å²) < 4.78 is 28.5. The van der Waals surface area contributed by atoms with Crippen molar-refractivity contribution in [1.82, 2.24) is 4.98 Å². The number of rotatable bonds is 20. The monoisotopic (exact) mass is 791 g/mol. The normalized spacial score (nSPS) is 11.5. The van der Waals surface area contributed by atoms with Crippen molar-refractivity contribution < 1.29 is 48.0 Å². The quantitative estimate of drug-likeness (QED) is 0.0206. The number of esters is 3. The number of nitrogens with zero attached hydrogens (tertiary/aromatic N) is 3. The van der Waals surface area contributed by atoms with Gasteiger partial charge in [0.05, 0.1) is 35.2 Å². The molecule has 1 unspecified atom stereocenters. The lowest BCUT2D eigenvalue weighted by molar-refractivity contribution is -0.148. The number of thiazole rings is 1. The van der Waals surface area contributed by atoms with Crippen LogP contribution >= 0.6 is 11.3 Å². The number of unbranched alkanes of at least 4 members (excludes halogenated alkanes) is 1. The molecule has 4 aromatic carbocycles. The summed E-state index contributed by atoms with van der Waals surface area (Å²) in [6, 6.07) is 25.6. The molecule has 1 atom stereocenters. The van der Waals surface area contributed by atoms with Crippen molar-refractivity contribution in [3.8, 4) is 28.4 Å². The number of hydrazone groups is 1. The lowest BCUT2D eigenvalue weighted by Crippen LogP contribution is -2.29. The van der Waals surface area contributed by atoms with Gasteiger partial charge in [-0.2, -0.15) is 10.1 Å². The number of phenolic OH excluding ortho intramolecular Hbond substituents is 1. The van der Waals surface area contributed by atoms with Crippen LogP contribution in [-0.4, -0.2) is 72.7 Å². The minimum absolute atomic E-state index is 0.0367. The first-order chi connectivity index (χ1) is 27.7. The number of aromatic hydroxyl groups is 1. The molecule has 0 saturated carbocycles. The molecule has 0 spiro atoms. The Labute approximate surface area is 333 Å². The minimum atomic E-state index is -0.749. The molecule has 0 bridgehead atoms. The molecule has 0 radical (unpaired) electrons. The summed E-state index contributed by atoms with van der Waals surface area (Å²) in [5.74, 6) is -1.36. The molecular weight excluding hydrogens is 751 g/mol. The van der Waals surface area contributed by atoms with Gasteiger partial charge >= 0.3 is 17.9 Å². The van der Waals surface area contributed by atoms with Crippen molar-refractivity contribution in [3.05, 3.63) is 127 Å². The van der Waals surface area contributed by atoms with Crippen molar-refractivity contribution in [2.45, 2.75) is 32.3 Å². The van der Waals surface area contributed by atoms with E-state index in [1.165, 1.54) is 34.7 Å². The maximum atomic E-state index is 13.4. The highest BCUT2D eigenvalue weighted by Gasteiger charge is 2.20. The number of hydrogen-bond acceptors (Lipinski definition) is 13. The SMILES string of the molecule is C=CC(=O)OCCCCOCC(COc1ccc(C(=O)Oc2ccc(-c3ccc(O)cc3)cc2/C=N/N(C(=O)CC)c2nc3ccccc3s2)cc1)OC(=O)C=C. The van der Waals surface area contributed by atoms with Crippen LogP contribution in [0.5, 0.6) is 17.2 Å². The average Bonchev–Trinajstić information content (AvgIpc) is 3.67. The van der Waals surface area contributed by atoms with E-state index in [-0.39, 0.29) is 49.2 Å². The van der Waals surface area contributed by atoms with Crippen LogP contribution < -0.4 is 14.5 Å². The van der Waals surface area contributed by atoms with E-state index in [4.69, 9.17) is 23.7 Å². The molecule has 294 valence electrons. The fraction of sp³-hybridized carbons (Fsp3) is 0.209. The standard InChI is InChI=1S/C43H41N3O10S/c1-4-39(48)46(43-45-36-11-7-8-12-38(36)57-43)44-26-32-25-31(29-13-18-33(47)19-14-29)17-22-37(32)56-42(51)30-15-20-34(21-16-30)54-28-35(55-41(50)6-3)27-52-23-9-10-24-53-40(49)5-2/h5-8,11-22,25-26,35,47H,2-4,9-10,23-24,27-28H2,1H3/b44-26+. The molecule has 1 aromatic heterocycles. The van der Waals surface area contributed by atoms with E-state index in [1.807, 2.05) is 24.3 Å². The van der Waals surface area contributed by atoms with Gasteiger partial charge in [-0.05, 0) is 84.6 Å². The van der Waals surface area contributed by atoms with Gasteiger partial charge in [0.1, 0.15) is 23.9 Å². The fourth-order valence-corrected chi connectivity index (χ4v) is 6.07. The topological polar surface area (TPSA) is 163 Å². The predicted molar refractivity (Wildman–Crippen MR) is 217 cm³/mol. The smallest absolute Gasteiger partial charge is 0.343 e. The van der Waals surface area contributed by atoms with Crippen molar-refractivity contribution in [2.24, 2.45) is 5.10 Å². The second kappa shape index (κ2) is 20.9. The zero-order valence-electron chi connectivity index (χ0n) is 31.2. The van der Waals surface area contributed by atoms with Crippen LogP contribution in [0.4, 0.5) is 5.13 Å². The maximum absolute atomic E-state index is 13.4. The van der Waals surface area contributed by atoms with Gasteiger partial charge in [-0.25, -0.2) is 19.4 Å². The molecule has 1 amide bonds. The van der Waals surface area contributed by atoms with Crippen molar-refractivity contribution >= 4 is 56.7 Å². The molecule has 13 nitrogen and oxygen atoms in total. The summed E-state index contributed by atoms with van der Waals surface area (Å²) in [7, 11) is 0. The number of anilines is 1. The summed E-state index contributed by atoms with van der Waals surface area (Å²) in [5.41, 5.74) is 2.91. The molecule has 1 N–H and O–H groups in total. The summed E-state index contributed by atoms with van der Waals surface area (Å²) in [6.07, 6.45) is 4.22. The number of hydrogen-bond donors (Lipinski definition) is 1. The zero-order chi connectivity index (χ0) is 40.6. The largest absolute Gasteiger partial charge is 0.508 e. The summed E-state index contributed by atoms with van der Waals surface area (Å²) in [4.78, 5) is 54.2. The van der Waals surface area contributed by atoms with Gasteiger partial charge in [0, 0.05) is 30.7 Å². The van der Waals surface area contributed by atoms with Gasteiger partial charge in [-0.15, -0.1) is 0 Å². The predicted octanol–water partition coefficient (Wildman–Crippen LogP) is 7.67. The van der Waals surface area contributed by atoms with Crippen molar-refractivity contribution in [3.63, 3.8) is 0 Å². The summed E-state index contributed by atoms with van der Waals surface area (Å²) in [6.45, 7) is 9.12. The van der Waals surface area contributed by atoms with E-state index in [0.717, 1.165) is 33.5 Å². The van der Waals surface area contributed by atoms with E-state index in [1.54, 1.807) is 61.5 Å². The third kappa shape index (κ3) is 12.2. The number of benzene rings is 4. The van der Waals surface area contributed by atoms with Gasteiger partial charge < -0.3 is 28.8 Å². The highest BCUT2D eigenvalue weighted by Crippen LogP contribution is 2.31. The molecule has 0 aliphatic heterocycles. The highest BCUT2D eigenvalue weighted by atomic mass is 32.1. The van der Waals surface area contributed by atoms with E-state index in [9.17, 15) is 24.3 Å². The number of carbonyl (C=O) groups is 4. The number of carbonyl (C=O) groups excluding carboxylic acids is 4. The second-order valence-corrected chi connectivity index (χ2v) is 13.2. The molecule has 0 aliphatic carbocycles. The van der Waals surface area contributed by atoms with Crippen molar-refractivity contribution in [1.29, 1.82) is 0 Å². The van der Waals surface area contributed by atoms with Crippen LogP contribution in [0.1, 0.15) is 42.1 Å². The van der Waals surface area contributed by atoms with Crippen LogP contribution in [-0.2, 0) is 28.6 Å². The first-order valence-corrected chi connectivity index (χ1v) is 18.8. The Morgan fingerprint density at radius 2 is 1.60 bits per heavy atom. The van der Waals surface area contributed by atoms with E-state index < -0.39 is 24.0 Å². The maximum Gasteiger partial charge on any atom is 0.343 e. The molecular formula is C43H41N3O10S. The van der Waals surface area contributed by atoms with Gasteiger partial charge in [-0.1, -0.05) is 61.8 Å². The van der Waals surface area contributed by atoms with Gasteiger partial charge in [0.15, 0.2) is 6.10 Å². The first kappa shape index (κ1) is 41.5. The number of fused-ring (bicyclic) bond motifs is 1. The average molecular weight is 792 g/mol. The number of phenols is 1. The lowest BCUT2D eigenvalue weighted by atomic mass is 10.0.